The first kappa shape index (κ1) is 21.4. The summed E-state index contributed by atoms with van der Waals surface area (Å²) in [6.45, 7) is 3.05. The smallest absolute Gasteiger partial charge is 0.289 e. The number of ether oxygens (including phenoxy) is 3. The Labute approximate surface area is 176 Å². The van der Waals surface area contributed by atoms with Gasteiger partial charge in [0.1, 0.15) is 5.75 Å². The van der Waals surface area contributed by atoms with Crippen molar-refractivity contribution in [1.29, 1.82) is 0 Å². The van der Waals surface area contributed by atoms with Crippen LogP contribution in [-0.4, -0.2) is 76.2 Å². The van der Waals surface area contributed by atoms with Gasteiger partial charge in [-0.2, -0.15) is 0 Å². The molecule has 9 nitrogen and oxygen atoms in total. The molecule has 1 N–H and O–H groups in total. The second-order valence-corrected chi connectivity index (χ2v) is 6.68. The number of carbonyl (C=O) groups is 1. The number of aliphatic imine (C=N–C) groups is 1. The van der Waals surface area contributed by atoms with Gasteiger partial charge in [0.2, 0.25) is 0 Å². The van der Waals surface area contributed by atoms with Crippen molar-refractivity contribution in [3.63, 3.8) is 0 Å². The van der Waals surface area contributed by atoms with E-state index in [9.17, 15) is 4.79 Å². The molecule has 1 fully saturated rings. The fraction of sp³-hybridized carbons (Fsp3) is 0.429. The lowest BCUT2D eigenvalue weighted by Gasteiger charge is -2.36. The van der Waals surface area contributed by atoms with Crippen LogP contribution >= 0.6 is 0 Å². The third-order valence-electron chi connectivity index (χ3n) is 5.03. The molecule has 1 amide bonds. The Balaban J connectivity index is 1.61. The Hall–Kier alpha value is -3.36. The van der Waals surface area contributed by atoms with Crippen molar-refractivity contribution in [2.24, 2.45) is 4.99 Å². The van der Waals surface area contributed by atoms with Gasteiger partial charge in [-0.3, -0.25) is 9.79 Å². The summed E-state index contributed by atoms with van der Waals surface area (Å²) >= 11 is 0. The van der Waals surface area contributed by atoms with Crippen molar-refractivity contribution >= 4 is 11.9 Å². The van der Waals surface area contributed by atoms with Crippen molar-refractivity contribution < 1.29 is 23.4 Å². The van der Waals surface area contributed by atoms with Gasteiger partial charge in [-0.1, -0.05) is 0 Å². The molecule has 3 rings (SSSR count). The fourth-order valence-corrected chi connectivity index (χ4v) is 3.41. The molecule has 9 heteroatoms. The van der Waals surface area contributed by atoms with Gasteiger partial charge in [0.25, 0.3) is 5.91 Å². The van der Waals surface area contributed by atoms with E-state index in [2.05, 4.69) is 15.2 Å². The standard InChI is InChI=1S/C21H28N4O5/c1-22-21(23-14-15-12-18(28-3)19(29-4)13-17(15)27-2)25-9-7-24(8-10-25)20(26)16-6-5-11-30-16/h5-6,11-13H,7-10,14H2,1-4H3,(H,22,23). The third kappa shape index (κ3) is 4.61. The SMILES string of the molecule is CN=C(NCc1cc(OC)c(OC)cc1OC)N1CCN(C(=O)c2ccco2)CC1. The van der Waals surface area contributed by atoms with Gasteiger partial charge < -0.3 is 33.7 Å². The molecule has 0 bridgehead atoms. The molecule has 0 saturated carbocycles. The molecule has 1 aromatic carbocycles. The fourth-order valence-electron chi connectivity index (χ4n) is 3.41. The Bertz CT molecular complexity index is 874. The largest absolute Gasteiger partial charge is 0.496 e. The lowest BCUT2D eigenvalue weighted by atomic mass is 10.1. The summed E-state index contributed by atoms with van der Waals surface area (Å²) in [5.74, 6) is 2.99. The molecule has 30 heavy (non-hydrogen) atoms. The highest BCUT2D eigenvalue weighted by Crippen LogP contribution is 2.34. The zero-order chi connectivity index (χ0) is 21.5. The molecule has 1 aliphatic rings. The van der Waals surface area contributed by atoms with Gasteiger partial charge in [-0.15, -0.1) is 0 Å². The van der Waals surface area contributed by atoms with Gasteiger partial charge >= 0.3 is 0 Å². The topological polar surface area (TPSA) is 88.8 Å². The zero-order valence-electron chi connectivity index (χ0n) is 17.8. The highest BCUT2D eigenvalue weighted by Gasteiger charge is 2.25. The monoisotopic (exact) mass is 416 g/mol. The van der Waals surface area contributed by atoms with Crippen LogP contribution in [0.5, 0.6) is 17.2 Å². The van der Waals surface area contributed by atoms with Crippen LogP contribution in [0.3, 0.4) is 0 Å². The maximum atomic E-state index is 12.4. The molecule has 2 aromatic rings. The van der Waals surface area contributed by atoms with E-state index >= 15 is 0 Å². The Morgan fingerprint density at radius 2 is 1.67 bits per heavy atom. The number of nitrogens with one attached hydrogen (secondary N) is 1. The van der Waals surface area contributed by atoms with Gasteiger partial charge in [0.15, 0.2) is 23.2 Å². The van der Waals surface area contributed by atoms with E-state index in [0.717, 1.165) is 11.5 Å². The number of methoxy groups -OCH3 is 3. The predicted octanol–water partition coefficient (Wildman–Crippen LogP) is 1.84. The molecule has 0 atom stereocenters. The number of guanidine groups is 1. The van der Waals surface area contributed by atoms with Crippen molar-refractivity contribution in [2.75, 3.05) is 54.6 Å². The average Bonchev–Trinajstić information content (AvgIpc) is 3.33. The summed E-state index contributed by atoms with van der Waals surface area (Å²) < 4.78 is 21.4. The molecular weight excluding hydrogens is 388 g/mol. The molecule has 0 radical (unpaired) electrons. The summed E-state index contributed by atoms with van der Waals surface area (Å²) in [6, 6.07) is 7.10. The number of rotatable bonds is 6. The van der Waals surface area contributed by atoms with E-state index in [1.807, 2.05) is 6.07 Å². The minimum atomic E-state index is -0.0855. The quantitative estimate of drug-likeness (QED) is 0.568. The number of benzene rings is 1. The molecule has 0 spiro atoms. The summed E-state index contributed by atoms with van der Waals surface area (Å²) in [7, 11) is 6.56. The molecular formula is C21H28N4O5. The first-order valence-corrected chi connectivity index (χ1v) is 9.68. The van der Waals surface area contributed by atoms with E-state index in [1.54, 1.807) is 51.5 Å². The van der Waals surface area contributed by atoms with E-state index in [1.165, 1.54) is 6.26 Å². The van der Waals surface area contributed by atoms with Crippen LogP contribution in [0.15, 0.2) is 39.9 Å². The number of furan rings is 1. The van der Waals surface area contributed by atoms with Gasteiger partial charge in [0.05, 0.1) is 27.6 Å². The molecule has 0 aliphatic carbocycles. The lowest BCUT2D eigenvalue weighted by Crippen LogP contribution is -2.53. The van der Waals surface area contributed by atoms with Crippen LogP contribution in [0, 0.1) is 0 Å². The predicted molar refractivity (Wildman–Crippen MR) is 112 cm³/mol. The summed E-state index contributed by atoms with van der Waals surface area (Å²) in [5.41, 5.74) is 0.919. The van der Waals surface area contributed by atoms with Crippen LogP contribution in [0.25, 0.3) is 0 Å². The Morgan fingerprint density at radius 1 is 1.03 bits per heavy atom. The molecule has 1 aromatic heterocycles. The zero-order valence-corrected chi connectivity index (χ0v) is 17.8. The van der Waals surface area contributed by atoms with Crippen LogP contribution in [0.2, 0.25) is 0 Å². The molecule has 2 heterocycles. The van der Waals surface area contributed by atoms with E-state index in [-0.39, 0.29) is 5.91 Å². The van der Waals surface area contributed by atoms with Crippen LogP contribution in [0.4, 0.5) is 0 Å². The normalized spacial score (nSPS) is 14.5. The maximum Gasteiger partial charge on any atom is 0.289 e. The lowest BCUT2D eigenvalue weighted by molar-refractivity contribution is 0.0657. The highest BCUT2D eigenvalue weighted by molar-refractivity contribution is 5.91. The number of hydrogen-bond acceptors (Lipinski definition) is 6. The van der Waals surface area contributed by atoms with E-state index in [4.69, 9.17) is 18.6 Å². The summed E-state index contributed by atoms with van der Waals surface area (Å²) in [5, 5.41) is 3.37. The Kier molecular flexibility index (Phi) is 7.05. The molecule has 0 unspecified atom stereocenters. The second kappa shape index (κ2) is 9.91. The van der Waals surface area contributed by atoms with E-state index in [0.29, 0.717) is 55.7 Å². The molecule has 1 saturated heterocycles. The molecule has 1 aliphatic heterocycles. The van der Waals surface area contributed by atoms with Crippen LogP contribution in [0.1, 0.15) is 16.1 Å². The van der Waals surface area contributed by atoms with E-state index < -0.39 is 0 Å². The van der Waals surface area contributed by atoms with Crippen molar-refractivity contribution in [1.82, 2.24) is 15.1 Å². The van der Waals surface area contributed by atoms with Crippen LogP contribution < -0.4 is 19.5 Å². The summed E-state index contributed by atoms with van der Waals surface area (Å²) in [4.78, 5) is 20.7. The minimum Gasteiger partial charge on any atom is -0.496 e. The van der Waals surface area contributed by atoms with Crippen molar-refractivity contribution in [3.05, 3.63) is 41.9 Å². The number of nitrogens with zero attached hydrogens (tertiary/aromatic N) is 3. The number of carbonyl (C=O) groups excluding carboxylic acids is 1. The van der Waals surface area contributed by atoms with Gasteiger partial charge in [0, 0.05) is 51.4 Å². The van der Waals surface area contributed by atoms with Crippen molar-refractivity contribution in [2.45, 2.75) is 6.54 Å². The minimum absolute atomic E-state index is 0.0855. The maximum absolute atomic E-state index is 12.4. The number of hydrogen-bond donors (Lipinski definition) is 1. The third-order valence-corrected chi connectivity index (χ3v) is 5.03. The summed E-state index contributed by atoms with van der Waals surface area (Å²) in [6.07, 6.45) is 1.51. The first-order valence-electron chi connectivity index (χ1n) is 9.68. The average molecular weight is 416 g/mol. The highest BCUT2D eigenvalue weighted by atomic mass is 16.5. The van der Waals surface area contributed by atoms with Gasteiger partial charge in [-0.05, 0) is 18.2 Å². The second-order valence-electron chi connectivity index (χ2n) is 6.68. The number of amides is 1. The Morgan fingerprint density at radius 3 is 2.23 bits per heavy atom. The van der Waals surface area contributed by atoms with Crippen LogP contribution in [-0.2, 0) is 6.54 Å². The van der Waals surface area contributed by atoms with Crippen molar-refractivity contribution in [3.8, 4) is 17.2 Å². The number of piperazine rings is 1. The first-order chi connectivity index (χ1) is 14.6. The van der Waals surface area contributed by atoms with Gasteiger partial charge in [-0.25, -0.2) is 0 Å². The molecule has 162 valence electrons.